The van der Waals surface area contributed by atoms with Crippen LogP contribution in [0.3, 0.4) is 0 Å². The van der Waals surface area contributed by atoms with Crippen molar-refractivity contribution >= 4 is 5.91 Å². The van der Waals surface area contributed by atoms with Crippen molar-refractivity contribution in [3.63, 3.8) is 0 Å². The Kier molecular flexibility index (Phi) is 6.29. The SMILES string of the molecule is CCOc1ccccc1C(=O)N[C@@H]1CN(C2CCOCC2)C[C@H]1CO. The molecule has 2 atom stereocenters. The van der Waals surface area contributed by atoms with Crippen LogP contribution in [0.25, 0.3) is 0 Å². The standard InChI is InChI=1S/C19H28N2O4/c1-2-25-18-6-4-3-5-16(18)19(23)20-17-12-21(11-14(17)13-22)15-7-9-24-10-8-15/h3-6,14-15,17,22H,2,7-13H2,1H3,(H,20,23)/t14-,17+/m0/s1. The quantitative estimate of drug-likeness (QED) is 0.811. The van der Waals surface area contributed by atoms with Gasteiger partial charge in [0.15, 0.2) is 0 Å². The van der Waals surface area contributed by atoms with E-state index >= 15 is 0 Å². The lowest BCUT2D eigenvalue weighted by atomic mass is 10.0. The largest absolute Gasteiger partial charge is 0.493 e. The summed E-state index contributed by atoms with van der Waals surface area (Å²) in [6, 6.07) is 7.73. The topological polar surface area (TPSA) is 71.0 Å². The van der Waals surface area contributed by atoms with Crippen molar-refractivity contribution in [1.29, 1.82) is 0 Å². The van der Waals surface area contributed by atoms with E-state index in [0.717, 1.165) is 39.1 Å². The van der Waals surface area contributed by atoms with Crippen LogP contribution in [0.2, 0.25) is 0 Å². The summed E-state index contributed by atoms with van der Waals surface area (Å²) in [6.45, 7) is 5.69. The number of nitrogens with one attached hydrogen (secondary N) is 1. The first kappa shape index (κ1) is 18.2. The van der Waals surface area contributed by atoms with E-state index < -0.39 is 0 Å². The van der Waals surface area contributed by atoms with Crippen LogP contribution in [0.5, 0.6) is 5.75 Å². The number of hydrogen-bond acceptors (Lipinski definition) is 5. The molecule has 2 heterocycles. The first-order valence-corrected chi connectivity index (χ1v) is 9.18. The number of amides is 1. The molecule has 0 radical (unpaired) electrons. The molecule has 2 aliphatic rings. The summed E-state index contributed by atoms with van der Waals surface area (Å²) >= 11 is 0. The Hall–Kier alpha value is -1.63. The lowest BCUT2D eigenvalue weighted by molar-refractivity contribution is 0.0398. The van der Waals surface area contributed by atoms with Gasteiger partial charge in [0.2, 0.25) is 0 Å². The maximum Gasteiger partial charge on any atom is 0.255 e. The Labute approximate surface area is 149 Å². The molecule has 1 aromatic carbocycles. The molecule has 0 aromatic heterocycles. The predicted octanol–water partition coefficient (Wildman–Crippen LogP) is 1.29. The van der Waals surface area contributed by atoms with Crippen LogP contribution in [0.4, 0.5) is 0 Å². The minimum atomic E-state index is -0.138. The van der Waals surface area contributed by atoms with Crippen LogP contribution in [0.1, 0.15) is 30.1 Å². The van der Waals surface area contributed by atoms with E-state index in [1.807, 2.05) is 25.1 Å². The molecule has 0 unspecified atom stereocenters. The Morgan fingerprint density at radius 1 is 1.32 bits per heavy atom. The molecule has 2 fully saturated rings. The van der Waals surface area contributed by atoms with Crippen LogP contribution in [0, 0.1) is 5.92 Å². The maximum atomic E-state index is 12.7. The van der Waals surface area contributed by atoms with Crippen molar-refractivity contribution < 1.29 is 19.4 Å². The summed E-state index contributed by atoms with van der Waals surface area (Å²) in [5.74, 6) is 0.523. The number of likely N-dealkylation sites (tertiary alicyclic amines) is 1. The van der Waals surface area contributed by atoms with Crippen LogP contribution >= 0.6 is 0 Å². The number of ether oxygens (including phenoxy) is 2. The molecular weight excluding hydrogens is 320 g/mol. The molecule has 6 nitrogen and oxygen atoms in total. The van der Waals surface area contributed by atoms with E-state index in [0.29, 0.717) is 24.0 Å². The molecular formula is C19H28N2O4. The molecule has 6 heteroatoms. The number of nitrogens with zero attached hydrogens (tertiary/aromatic N) is 1. The molecule has 138 valence electrons. The molecule has 1 aromatic rings. The predicted molar refractivity (Wildman–Crippen MR) is 94.9 cm³/mol. The highest BCUT2D eigenvalue weighted by Gasteiger charge is 2.37. The summed E-state index contributed by atoms with van der Waals surface area (Å²) in [5, 5.41) is 12.9. The smallest absolute Gasteiger partial charge is 0.255 e. The maximum absolute atomic E-state index is 12.7. The van der Waals surface area contributed by atoms with Gasteiger partial charge in [0.1, 0.15) is 5.75 Å². The Balaban J connectivity index is 1.65. The van der Waals surface area contributed by atoms with Gasteiger partial charge in [-0.1, -0.05) is 12.1 Å². The fourth-order valence-corrected chi connectivity index (χ4v) is 3.78. The van der Waals surface area contributed by atoms with Crippen LogP contribution in [-0.4, -0.2) is 67.5 Å². The zero-order valence-corrected chi connectivity index (χ0v) is 14.8. The summed E-state index contributed by atoms with van der Waals surface area (Å²) in [5.41, 5.74) is 0.547. The van der Waals surface area contributed by atoms with Gasteiger partial charge in [-0.2, -0.15) is 0 Å². The second-order valence-corrected chi connectivity index (χ2v) is 6.75. The van der Waals surface area contributed by atoms with Crippen molar-refractivity contribution in [3.05, 3.63) is 29.8 Å². The number of rotatable bonds is 6. The zero-order chi connectivity index (χ0) is 17.6. The van der Waals surface area contributed by atoms with Crippen molar-refractivity contribution in [2.24, 2.45) is 5.92 Å². The van der Waals surface area contributed by atoms with Crippen LogP contribution in [-0.2, 0) is 4.74 Å². The van der Waals surface area contributed by atoms with E-state index in [2.05, 4.69) is 10.2 Å². The number of carbonyl (C=O) groups is 1. The van der Waals surface area contributed by atoms with Gasteiger partial charge in [0.05, 0.1) is 12.2 Å². The van der Waals surface area contributed by atoms with Gasteiger partial charge in [-0.05, 0) is 31.9 Å². The molecule has 0 aliphatic carbocycles. The fraction of sp³-hybridized carbons (Fsp3) is 0.632. The molecule has 3 rings (SSSR count). The van der Waals surface area contributed by atoms with Gasteiger partial charge in [-0.3, -0.25) is 9.69 Å². The van der Waals surface area contributed by atoms with Gasteiger partial charge in [-0.15, -0.1) is 0 Å². The lowest BCUT2D eigenvalue weighted by Crippen LogP contribution is -2.43. The second-order valence-electron chi connectivity index (χ2n) is 6.75. The molecule has 25 heavy (non-hydrogen) atoms. The highest BCUT2D eigenvalue weighted by Crippen LogP contribution is 2.25. The molecule has 1 amide bonds. The number of benzene rings is 1. The highest BCUT2D eigenvalue weighted by atomic mass is 16.5. The number of aliphatic hydroxyl groups excluding tert-OH is 1. The fourth-order valence-electron chi connectivity index (χ4n) is 3.78. The van der Waals surface area contributed by atoms with Crippen molar-refractivity contribution in [2.75, 3.05) is 39.5 Å². The monoisotopic (exact) mass is 348 g/mol. The second kappa shape index (κ2) is 8.65. The number of aliphatic hydroxyl groups is 1. The first-order valence-electron chi connectivity index (χ1n) is 9.18. The average molecular weight is 348 g/mol. The van der Waals surface area contributed by atoms with E-state index in [-0.39, 0.29) is 24.5 Å². The van der Waals surface area contributed by atoms with Crippen molar-refractivity contribution in [1.82, 2.24) is 10.2 Å². The van der Waals surface area contributed by atoms with Crippen molar-refractivity contribution in [3.8, 4) is 5.75 Å². The number of para-hydroxylation sites is 1. The van der Waals surface area contributed by atoms with Crippen molar-refractivity contribution in [2.45, 2.75) is 31.8 Å². The summed E-state index contributed by atoms with van der Waals surface area (Å²) in [4.78, 5) is 15.1. The van der Waals surface area contributed by atoms with E-state index in [9.17, 15) is 9.90 Å². The molecule has 0 saturated carbocycles. The Bertz CT molecular complexity index is 574. The lowest BCUT2D eigenvalue weighted by Gasteiger charge is -2.31. The van der Waals surface area contributed by atoms with Gasteiger partial charge >= 0.3 is 0 Å². The first-order chi connectivity index (χ1) is 12.2. The zero-order valence-electron chi connectivity index (χ0n) is 14.8. The third kappa shape index (κ3) is 4.32. The van der Waals surface area contributed by atoms with Crippen LogP contribution in [0.15, 0.2) is 24.3 Å². The molecule has 2 saturated heterocycles. The Morgan fingerprint density at radius 3 is 2.80 bits per heavy atom. The van der Waals surface area contributed by atoms with E-state index in [1.165, 1.54) is 0 Å². The minimum Gasteiger partial charge on any atom is -0.493 e. The third-order valence-electron chi connectivity index (χ3n) is 5.16. The molecule has 0 bridgehead atoms. The third-order valence-corrected chi connectivity index (χ3v) is 5.16. The van der Waals surface area contributed by atoms with Gasteiger partial charge < -0.3 is 19.9 Å². The number of hydrogen-bond donors (Lipinski definition) is 2. The average Bonchev–Trinajstić information content (AvgIpc) is 3.06. The molecule has 2 N–H and O–H groups in total. The molecule has 0 spiro atoms. The summed E-state index contributed by atoms with van der Waals surface area (Å²) < 4.78 is 11.0. The van der Waals surface area contributed by atoms with E-state index in [1.54, 1.807) is 6.07 Å². The van der Waals surface area contributed by atoms with Gasteiger partial charge in [0.25, 0.3) is 5.91 Å². The Morgan fingerprint density at radius 2 is 2.08 bits per heavy atom. The minimum absolute atomic E-state index is 0.0463. The number of carbonyl (C=O) groups excluding carboxylic acids is 1. The normalized spacial score (nSPS) is 25.0. The summed E-state index contributed by atoms with van der Waals surface area (Å²) in [7, 11) is 0. The molecule has 2 aliphatic heterocycles. The van der Waals surface area contributed by atoms with Gasteiger partial charge in [-0.25, -0.2) is 0 Å². The van der Waals surface area contributed by atoms with Gasteiger partial charge in [0, 0.05) is 50.9 Å². The van der Waals surface area contributed by atoms with Crippen LogP contribution < -0.4 is 10.1 Å². The summed E-state index contributed by atoms with van der Waals surface area (Å²) in [6.07, 6.45) is 2.04. The van der Waals surface area contributed by atoms with E-state index in [4.69, 9.17) is 9.47 Å². The highest BCUT2D eigenvalue weighted by molar-refractivity contribution is 5.97.